The molecule has 2 aliphatic rings. The Balaban J connectivity index is 1.10. The molecule has 2 saturated heterocycles. The standard InChI is InChI=1S/C39H45ClN6O4S/c1-38(2,3)49-36(47)45-15-8-10-32(45)34-41-21-31(44-34)25-14-12-22-17-24(13-11-23(22)18-25)27-19-29-30(20-28(27)40)43-33(42-29)26-9-7-16-46(35(26)51)37(48)50-39(4,5)6/h11-14,17-21,26,32,35,51H,7-10,15-16H2,1-6H3,(H,41,44)(H,42,43). The number of benzene rings is 3. The number of H-pyrrole nitrogens is 2. The Kier molecular flexibility index (Phi) is 9.24. The highest BCUT2D eigenvalue weighted by atomic mass is 35.5. The van der Waals surface area contributed by atoms with Gasteiger partial charge < -0.3 is 19.4 Å². The first-order valence-electron chi connectivity index (χ1n) is 17.6. The highest BCUT2D eigenvalue weighted by molar-refractivity contribution is 7.81. The lowest BCUT2D eigenvalue weighted by molar-refractivity contribution is 0.0162. The Morgan fingerprint density at radius 3 is 2.16 bits per heavy atom. The van der Waals surface area contributed by atoms with Crippen LogP contribution in [0, 0.1) is 0 Å². The molecule has 0 aliphatic carbocycles. The van der Waals surface area contributed by atoms with E-state index in [-0.39, 0.29) is 29.5 Å². The first kappa shape index (κ1) is 35.2. The molecule has 12 heteroatoms. The number of nitrogens with zero attached hydrogens (tertiary/aromatic N) is 4. The minimum Gasteiger partial charge on any atom is -0.444 e. The molecule has 3 aromatic carbocycles. The average molecular weight is 729 g/mol. The van der Waals surface area contributed by atoms with E-state index >= 15 is 0 Å². The molecular weight excluding hydrogens is 684 g/mol. The second-order valence-electron chi connectivity index (χ2n) is 15.6. The van der Waals surface area contributed by atoms with Crippen molar-refractivity contribution in [2.24, 2.45) is 0 Å². The zero-order chi connectivity index (χ0) is 36.2. The van der Waals surface area contributed by atoms with E-state index in [0.29, 0.717) is 18.1 Å². The number of nitrogens with one attached hydrogen (secondary N) is 2. The molecule has 7 rings (SSSR count). The summed E-state index contributed by atoms with van der Waals surface area (Å²) in [5.74, 6) is 1.47. The third-order valence-corrected chi connectivity index (χ3v) is 10.4. The number of imidazole rings is 2. The highest BCUT2D eigenvalue weighted by Crippen LogP contribution is 2.39. The molecule has 268 valence electrons. The number of hydrogen-bond donors (Lipinski definition) is 3. The molecule has 10 nitrogen and oxygen atoms in total. The lowest BCUT2D eigenvalue weighted by atomic mass is 9.97. The van der Waals surface area contributed by atoms with Crippen molar-refractivity contribution in [1.29, 1.82) is 0 Å². The normalized spacial score (nSPS) is 20.0. The summed E-state index contributed by atoms with van der Waals surface area (Å²) in [6.07, 6.45) is 4.59. The van der Waals surface area contributed by atoms with Crippen LogP contribution in [-0.4, -0.2) is 71.6 Å². The van der Waals surface area contributed by atoms with Gasteiger partial charge in [0.15, 0.2) is 0 Å². The maximum absolute atomic E-state index is 12.9. The third-order valence-electron chi connectivity index (χ3n) is 9.42. The molecule has 3 atom stereocenters. The van der Waals surface area contributed by atoms with E-state index < -0.39 is 11.2 Å². The molecule has 0 bridgehead atoms. The predicted molar refractivity (Wildman–Crippen MR) is 204 cm³/mol. The zero-order valence-corrected chi connectivity index (χ0v) is 31.6. The van der Waals surface area contributed by atoms with Crippen LogP contribution in [0.25, 0.3) is 44.2 Å². The largest absolute Gasteiger partial charge is 0.444 e. The smallest absolute Gasteiger partial charge is 0.411 e. The summed E-state index contributed by atoms with van der Waals surface area (Å²) < 4.78 is 11.3. The molecule has 2 aromatic heterocycles. The van der Waals surface area contributed by atoms with Gasteiger partial charge in [0.2, 0.25) is 0 Å². The fraction of sp³-hybridized carbons (Fsp3) is 0.436. The van der Waals surface area contributed by atoms with E-state index in [4.69, 9.17) is 38.7 Å². The Hall–Kier alpha value is -4.22. The molecule has 0 spiro atoms. The zero-order valence-electron chi connectivity index (χ0n) is 29.9. The van der Waals surface area contributed by atoms with Crippen LogP contribution in [0.2, 0.25) is 5.02 Å². The van der Waals surface area contributed by atoms with Gasteiger partial charge in [-0.05, 0) is 108 Å². The van der Waals surface area contributed by atoms with Crippen molar-refractivity contribution in [1.82, 2.24) is 29.7 Å². The molecule has 2 fully saturated rings. The number of thiol groups is 1. The monoisotopic (exact) mass is 728 g/mol. The number of ether oxygens (including phenoxy) is 2. The van der Waals surface area contributed by atoms with Crippen molar-refractivity contribution in [3.8, 4) is 22.4 Å². The van der Waals surface area contributed by atoms with Gasteiger partial charge >= 0.3 is 12.2 Å². The lowest BCUT2D eigenvalue weighted by Crippen LogP contribution is -2.47. The number of carbonyl (C=O) groups excluding carboxylic acids is 2. The number of aromatic amines is 2. The summed E-state index contributed by atoms with van der Waals surface area (Å²) in [5, 5.41) is 2.41. The Morgan fingerprint density at radius 1 is 0.824 bits per heavy atom. The number of carbonyl (C=O) groups is 2. The maximum Gasteiger partial charge on any atom is 0.411 e. The van der Waals surface area contributed by atoms with E-state index in [1.54, 1.807) is 9.80 Å². The van der Waals surface area contributed by atoms with Crippen LogP contribution in [0.1, 0.15) is 90.8 Å². The van der Waals surface area contributed by atoms with Gasteiger partial charge in [0.25, 0.3) is 0 Å². The number of likely N-dealkylation sites (tertiary alicyclic amines) is 2. The number of rotatable bonds is 4. The summed E-state index contributed by atoms with van der Waals surface area (Å²) >= 11 is 11.7. The lowest BCUT2D eigenvalue weighted by Gasteiger charge is -2.38. The molecule has 2 N–H and O–H groups in total. The van der Waals surface area contributed by atoms with Crippen molar-refractivity contribution in [3.05, 3.63) is 71.4 Å². The first-order chi connectivity index (χ1) is 24.1. The number of halogens is 1. The second kappa shape index (κ2) is 13.4. The van der Waals surface area contributed by atoms with Crippen LogP contribution in [0.15, 0.2) is 54.7 Å². The van der Waals surface area contributed by atoms with Crippen molar-refractivity contribution in [2.75, 3.05) is 13.1 Å². The van der Waals surface area contributed by atoms with Gasteiger partial charge in [0.05, 0.1) is 39.4 Å². The van der Waals surface area contributed by atoms with Crippen LogP contribution in [0.5, 0.6) is 0 Å². The summed E-state index contributed by atoms with van der Waals surface area (Å²) in [6.45, 7) is 12.5. The fourth-order valence-electron chi connectivity index (χ4n) is 7.05. The number of aromatic nitrogens is 4. The molecule has 2 aliphatic heterocycles. The first-order valence-corrected chi connectivity index (χ1v) is 18.5. The Morgan fingerprint density at radius 2 is 1.45 bits per heavy atom. The van der Waals surface area contributed by atoms with Crippen molar-refractivity contribution < 1.29 is 19.1 Å². The van der Waals surface area contributed by atoms with Crippen LogP contribution in [0.4, 0.5) is 9.59 Å². The molecule has 0 radical (unpaired) electrons. The molecule has 0 saturated carbocycles. The van der Waals surface area contributed by atoms with Crippen LogP contribution >= 0.6 is 24.2 Å². The minimum absolute atomic E-state index is 0.0767. The fourth-order valence-corrected chi connectivity index (χ4v) is 7.82. The molecule has 51 heavy (non-hydrogen) atoms. The Bertz CT molecular complexity index is 2110. The van der Waals surface area contributed by atoms with Gasteiger partial charge in [-0.3, -0.25) is 9.80 Å². The van der Waals surface area contributed by atoms with Crippen molar-refractivity contribution in [3.63, 3.8) is 0 Å². The number of piperidine rings is 1. The molecular formula is C39H45ClN6O4S. The van der Waals surface area contributed by atoms with Crippen LogP contribution in [0.3, 0.4) is 0 Å². The van der Waals surface area contributed by atoms with E-state index in [2.05, 4.69) is 51.4 Å². The van der Waals surface area contributed by atoms with Gasteiger partial charge in [-0.15, -0.1) is 0 Å². The quantitative estimate of drug-likeness (QED) is 0.159. The number of hydrogen-bond acceptors (Lipinski definition) is 7. The van der Waals surface area contributed by atoms with E-state index in [0.717, 1.165) is 81.5 Å². The summed E-state index contributed by atoms with van der Waals surface area (Å²) in [5.41, 5.74) is 4.28. The van der Waals surface area contributed by atoms with Crippen LogP contribution < -0.4 is 0 Å². The number of amides is 2. The van der Waals surface area contributed by atoms with Gasteiger partial charge in [-0.2, -0.15) is 12.6 Å². The second-order valence-corrected chi connectivity index (χ2v) is 16.5. The predicted octanol–water partition coefficient (Wildman–Crippen LogP) is 9.87. The van der Waals surface area contributed by atoms with E-state index in [1.807, 2.05) is 59.9 Å². The van der Waals surface area contributed by atoms with Crippen molar-refractivity contribution >= 4 is 58.2 Å². The summed E-state index contributed by atoms with van der Waals surface area (Å²) in [4.78, 5) is 45.8. The van der Waals surface area contributed by atoms with Gasteiger partial charge in [0.1, 0.15) is 22.9 Å². The SMILES string of the molecule is CC(C)(C)OC(=O)N1CCCC1c1ncc(-c2ccc3cc(-c4cc5nc(C6CCCN(C(=O)OC(C)(C)C)C6S)[nH]c5cc4Cl)ccc3c2)[nH]1. The van der Waals surface area contributed by atoms with Crippen molar-refractivity contribution in [2.45, 2.75) is 95.8 Å². The molecule has 3 unspecified atom stereocenters. The Labute approximate surface area is 308 Å². The molecule has 4 heterocycles. The minimum atomic E-state index is -0.581. The maximum atomic E-state index is 12.9. The van der Waals surface area contributed by atoms with Gasteiger partial charge in [-0.1, -0.05) is 35.9 Å². The topological polar surface area (TPSA) is 116 Å². The van der Waals surface area contributed by atoms with E-state index in [9.17, 15) is 9.59 Å². The van der Waals surface area contributed by atoms with E-state index in [1.165, 1.54) is 0 Å². The number of fused-ring (bicyclic) bond motifs is 2. The highest BCUT2D eigenvalue weighted by Gasteiger charge is 2.37. The summed E-state index contributed by atoms with van der Waals surface area (Å²) in [6, 6.07) is 16.4. The third kappa shape index (κ3) is 7.42. The van der Waals surface area contributed by atoms with Crippen LogP contribution in [-0.2, 0) is 9.47 Å². The average Bonchev–Trinajstić information content (AvgIpc) is 3.82. The summed E-state index contributed by atoms with van der Waals surface area (Å²) in [7, 11) is 0. The molecule has 5 aromatic rings. The van der Waals surface area contributed by atoms with Gasteiger partial charge in [-0.25, -0.2) is 19.6 Å². The molecule has 2 amide bonds. The van der Waals surface area contributed by atoms with Gasteiger partial charge in [0, 0.05) is 30.1 Å².